The number of rotatable bonds is 5. The molecule has 2 aromatic rings. The van der Waals surface area contributed by atoms with E-state index < -0.39 is 17.8 Å². The highest BCUT2D eigenvalue weighted by atomic mass is 16.4. The van der Waals surface area contributed by atoms with E-state index in [1.165, 1.54) is 0 Å². The van der Waals surface area contributed by atoms with Crippen molar-refractivity contribution in [3.8, 4) is 0 Å². The minimum atomic E-state index is -0.923. The fourth-order valence-corrected chi connectivity index (χ4v) is 3.13. The van der Waals surface area contributed by atoms with Crippen LogP contribution in [0.5, 0.6) is 0 Å². The molecule has 0 aliphatic carbocycles. The third-order valence-electron chi connectivity index (χ3n) is 4.87. The van der Waals surface area contributed by atoms with Gasteiger partial charge >= 0.3 is 5.97 Å². The number of carbonyl (C=O) groups excluding carboxylic acids is 2. The first-order valence-corrected chi connectivity index (χ1v) is 8.86. The third-order valence-corrected chi connectivity index (χ3v) is 4.87. The molecule has 1 saturated heterocycles. The standard InChI is InChI=1S/C21H22N2O4/c1-13-6-8-18(9-7-13)23-12-16(11-19(23)24)20(25)22-17-5-3-4-15(10-17)14(2)21(26)27/h3-10,14,16H,11-12H2,1-2H3,(H,22,25)(H,26,27). The minimum absolute atomic E-state index is 0.0766. The average molecular weight is 366 g/mol. The van der Waals surface area contributed by atoms with Crippen LogP contribution in [0.15, 0.2) is 48.5 Å². The number of amides is 2. The number of carboxylic acids is 1. The zero-order chi connectivity index (χ0) is 19.6. The van der Waals surface area contributed by atoms with Crippen molar-refractivity contribution in [1.29, 1.82) is 0 Å². The van der Waals surface area contributed by atoms with Crippen molar-refractivity contribution >= 4 is 29.2 Å². The SMILES string of the molecule is Cc1ccc(N2CC(C(=O)Nc3cccc(C(C)C(=O)O)c3)CC2=O)cc1. The van der Waals surface area contributed by atoms with Gasteiger partial charge in [0.05, 0.1) is 11.8 Å². The smallest absolute Gasteiger partial charge is 0.310 e. The van der Waals surface area contributed by atoms with E-state index in [1.807, 2.05) is 31.2 Å². The molecule has 0 saturated carbocycles. The summed E-state index contributed by atoms with van der Waals surface area (Å²) in [7, 11) is 0. The van der Waals surface area contributed by atoms with Crippen molar-refractivity contribution in [3.05, 3.63) is 59.7 Å². The van der Waals surface area contributed by atoms with Gasteiger partial charge < -0.3 is 15.3 Å². The molecule has 1 heterocycles. The molecule has 1 aliphatic heterocycles. The zero-order valence-corrected chi connectivity index (χ0v) is 15.3. The Morgan fingerprint density at radius 1 is 1.19 bits per heavy atom. The molecule has 2 N–H and O–H groups in total. The van der Waals surface area contributed by atoms with Gasteiger partial charge in [0.1, 0.15) is 0 Å². The zero-order valence-electron chi connectivity index (χ0n) is 15.3. The number of nitrogens with zero attached hydrogens (tertiary/aromatic N) is 1. The van der Waals surface area contributed by atoms with Gasteiger partial charge in [0.2, 0.25) is 11.8 Å². The fraction of sp³-hybridized carbons (Fsp3) is 0.286. The molecule has 0 radical (unpaired) electrons. The van der Waals surface area contributed by atoms with Gasteiger partial charge in [-0.3, -0.25) is 14.4 Å². The summed E-state index contributed by atoms with van der Waals surface area (Å²) >= 11 is 0. The number of benzene rings is 2. The number of carboxylic acid groups (broad SMARTS) is 1. The lowest BCUT2D eigenvalue weighted by Crippen LogP contribution is -2.28. The highest BCUT2D eigenvalue weighted by Gasteiger charge is 2.35. The molecule has 1 fully saturated rings. The van der Waals surface area contributed by atoms with Gasteiger partial charge in [0.25, 0.3) is 0 Å². The van der Waals surface area contributed by atoms with E-state index in [1.54, 1.807) is 36.1 Å². The summed E-state index contributed by atoms with van der Waals surface area (Å²) in [5, 5.41) is 11.9. The van der Waals surface area contributed by atoms with E-state index >= 15 is 0 Å². The van der Waals surface area contributed by atoms with Crippen molar-refractivity contribution in [3.63, 3.8) is 0 Å². The number of anilines is 2. The summed E-state index contributed by atoms with van der Waals surface area (Å²) in [4.78, 5) is 37.7. The van der Waals surface area contributed by atoms with Crippen LogP contribution in [0.1, 0.15) is 30.4 Å². The Labute approximate surface area is 157 Å². The largest absolute Gasteiger partial charge is 0.481 e. The Morgan fingerprint density at radius 3 is 2.56 bits per heavy atom. The van der Waals surface area contributed by atoms with E-state index in [2.05, 4.69) is 5.32 Å². The van der Waals surface area contributed by atoms with Crippen LogP contribution >= 0.6 is 0 Å². The van der Waals surface area contributed by atoms with Gasteiger partial charge in [-0.05, 0) is 43.7 Å². The first kappa shape index (κ1) is 18.6. The molecule has 2 atom stereocenters. The first-order valence-electron chi connectivity index (χ1n) is 8.86. The van der Waals surface area contributed by atoms with E-state index in [0.29, 0.717) is 17.8 Å². The molecule has 6 heteroatoms. The number of carbonyl (C=O) groups is 3. The second-order valence-electron chi connectivity index (χ2n) is 6.92. The van der Waals surface area contributed by atoms with Crippen LogP contribution in [-0.4, -0.2) is 29.4 Å². The van der Waals surface area contributed by atoms with Crippen molar-refractivity contribution in [1.82, 2.24) is 0 Å². The molecule has 27 heavy (non-hydrogen) atoms. The number of hydrogen-bond acceptors (Lipinski definition) is 3. The molecule has 2 aromatic carbocycles. The highest BCUT2D eigenvalue weighted by molar-refractivity contribution is 6.03. The maximum atomic E-state index is 12.6. The topological polar surface area (TPSA) is 86.7 Å². The van der Waals surface area contributed by atoms with Gasteiger partial charge in [-0.2, -0.15) is 0 Å². The molecule has 2 unspecified atom stereocenters. The highest BCUT2D eigenvalue weighted by Crippen LogP contribution is 2.27. The second-order valence-corrected chi connectivity index (χ2v) is 6.92. The molecule has 0 bridgehead atoms. The first-order chi connectivity index (χ1) is 12.8. The normalized spacial score (nSPS) is 17.6. The molecule has 0 aromatic heterocycles. The predicted molar refractivity (Wildman–Crippen MR) is 103 cm³/mol. The molecule has 140 valence electrons. The molecule has 1 aliphatic rings. The molecule has 6 nitrogen and oxygen atoms in total. The van der Waals surface area contributed by atoms with E-state index in [4.69, 9.17) is 5.11 Å². The van der Waals surface area contributed by atoms with Crippen LogP contribution in [-0.2, 0) is 14.4 Å². The van der Waals surface area contributed by atoms with Gasteiger partial charge in [0, 0.05) is 24.3 Å². The van der Waals surface area contributed by atoms with Crippen LogP contribution in [0.25, 0.3) is 0 Å². The van der Waals surface area contributed by atoms with Gasteiger partial charge in [0.15, 0.2) is 0 Å². The lowest BCUT2D eigenvalue weighted by molar-refractivity contribution is -0.138. The van der Waals surface area contributed by atoms with Crippen LogP contribution < -0.4 is 10.2 Å². The van der Waals surface area contributed by atoms with Gasteiger partial charge in [-0.15, -0.1) is 0 Å². The van der Waals surface area contributed by atoms with E-state index in [-0.39, 0.29) is 18.2 Å². The van der Waals surface area contributed by atoms with Crippen molar-refractivity contribution in [2.75, 3.05) is 16.8 Å². The Bertz CT molecular complexity index is 876. The summed E-state index contributed by atoms with van der Waals surface area (Å²) in [5.74, 6) is -2.34. The average Bonchev–Trinajstić information content (AvgIpc) is 3.04. The monoisotopic (exact) mass is 366 g/mol. The van der Waals surface area contributed by atoms with Crippen molar-refractivity contribution in [2.45, 2.75) is 26.2 Å². The van der Waals surface area contributed by atoms with Crippen molar-refractivity contribution in [2.24, 2.45) is 5.92 Å². The number of aryl methyl sites for hydroxylation is 1. The Hall–Kier alpha value is -3.15. The lowest BCUT2D eigenvalue weighted by atomic mass is 10.0. The molecule has 0 spiro atoms. The summed E-state index contributed by atoms with van der Waals surface area (Å²) in [6, 6.07) is 14.4. The Morgan fingerprint density at radius 2 is 1.89 bits per heavy atom. The lowest BCUT2D eigenvalue weighted by Gasteiger charge is -2.17. The van der Waals surface area contributed by atoms with Crippen LogP contribution in [0.2, 0.25) is 0 Å². The van der Waals surface area contributed by atoms with E-state index in [0.717, 1.165) is 11.3 Å². The number of nitrogens with one attached hydrogen (secondary N) is 1. The van der Waals surface area contributed by atoms with Crippen molar-refractivity contribution < 1.29 is 19.5 Å². The maximum absolute atomic E-state index is 12.6. The van der Waals surface area contributed by atoms with Gasteiger partial charge in [-0.1, -0.05) is 29.8 Å². The Balaban J connectivity index is 1.68. The predicted octanol–water partition coefficient (Wildman–Crippen LogP) is 3.17. The third kappa shape index (κ3) is 4.16. The number of hydrogen-bond donors (Lipinski definition) is 2. The second kappa shape index (κ2) is 7.61. The maximum Gasteiger partial charge on any atom is 0.310 e. The van der Waals surface area contributed by atoms with Crippen LogP contribution in [0.4, 0.5) is 11.4 Å². The van der Waals surface area contributed by atoms with Gasteiger partial charge in [-0.25, -0.2) is 0 Å². The fourth-order valence-electron chi connectivity index (χ4n) is 3.13. The minimum Gasteiger partial charge on any atom is -0.481 e. The summed E-state index contributed by atoms with van der Waals surface area (Å²) in [6.07, 6.45) is 0.158. The quantitative estimate of drug-likeness (QED) is 0.851. The summed E-state index contributed by atoms with van der Waals surface area (Å²) in [5.41, 5.74) is 3.05. The number of aliphatic carboxylic acids is 1. The Kier molecular flexibility index (Phi) is 5.26. The summed E-state index contributed by atoms with van der Waals surface area (Å²) in [6.45, 7) is 3.91. The van der Waals surface area contributed by atoms with E-state index in [9.17, 15) is 14.4 Å². The summed E-state index contributed by atoms with van der Waals surface area (Å²) < 4.78 is 0. The molecule has 2 amide bonds. The molecular weight excluding hydrogens is 344 g/mol. The van der Waals surface area contributed by atoms with Crippen LogP contribution in [0.3, 0.4) is 0 Å². The molecule has 3 rings (SSSR count). The molecular formula is C21H22N2O4. The van der Waals surface area contributed by atoms with Crippen LogP contribution in [0, 0.1) is 12.8 Å².